The van der Waals surface area contributed by atoms with Crippen molar-refractivity contribution in [1.29, 1.82) is 0 Å². The van der Waals surface area contributed by atoms with Gasteiger partial charge in [-0.3, -0.25) is 0 Å². The summed E-state index contributed by atoms with van der Waals surface area (Å²) in [6.07, 6.45) is 3.95. The molecule has 4 nitrogen and oxygen atoms in total. The predicted molar refractivity (Wildman–Crippen MR) is 81.1 cm³/mol. The van der Waals surface area contributed by atoms with Crippen molar-refractivity contribution < 1.29 is 13.2 Å². The molecule has 2 rings (SSSR count). The van der Waals surface area contributed by atoms with E-state index in [-0.39, 0.29) is 11.3 Å². The van der Waals surface area contributed by atoms with Gasteiger partial charge in [-0.1, -0.05) is 12.1 Å². The van der Waals surface area contributed by atoms with Gasteiger partial charge in [0, 0.05) is 18.7 Å². The number of hydrogen-bond acceptors (Lipinski definition) is 4. The van der Waals surface area contributed by atoms with Crippen LogP contribution in [0.15, 0.2) is 18.2 Å². The third-order valence-corrected chi connectivity index (χ3v) is 5.79. The Balaban J connectivity index is 2.00. The van der Waals surface area contributed by atoms with Gasteiger partial charge in [-0.25, -0.2) is 8.42 Å². The minimum absolute atomic E-state index is 0.0190. The van der Waals surface area contributed by atoms with Gasteiger partial charge in [-0.05, 0) is 44.0 Å². The van der Waals surface area contributed by atoms with E-state index >= 15 is 0 Å². The molecule has 0 fully saturated rings. The topological polar surface area (TPSA) is 55.4 Å². The lowest BCUT2D eigenvalue weighted by Gasteiger charge is -2.22. The number of fused-ring (bicyclic) bond motifs is 1. The second-order valence-electron chi connectivity index (χ2n) is 5.51. The first kappa shape index (κ1) is 15.3. The molecule has 5 heteroatoms. The SMILES string of the molecule is CNC(CCc1ccc2c(c1)CCO2)C(C)S(C)(=O)=O. The van der Waals surface area contributed by atoms with Crippen molar-refractivity contribution in [2.45, 2.75) is 37.5 Å². The summed E-state index contributed by atoms with van der Waals surface area (Å²) in [7, 11) is -1.19. The second-order valence-corrected chi connectivity index (χ2v) is 7.91. The summed E-state index contributed by atoms with van der Waals surface area (Å²) in [6.45, 7) is 2.54. The van der Waals surface area contributed by atoms with Gasteiger partial charge in [0.15, 0.2) is 9.84 Å². The molecule has 1 aromatic carbocycles. The highest BCUT2D eigenvalue weighted by molar-refractivity contribution is 7.91. The summed E-state index contributed by atoms with van der Waals surface area (Å²) >= 11 is 0. The second kappa shape index (κ2) is 6.14. The molecule has 0 spiro atoms. The third kappa shape index (κ3) is 3.52. The molecule has 0 saturated carbocycles. The maximum absolute atomic E-state index is 11.6. The van der Waals surface area contributed by atoms with Crippen LogP contribution in [0.25, 0.3) is 0 Å². The summed E-state index contributed by atoms with van der Waals surface area (Å²) in [5.74, 6) is 0.989. The van der Waals surface area contributed by atoms with Gasteiger partial charge in [-0.2, -0.15) is 0 Å². The van der Waals surface area contributed by atoms with E-state index in [2.05, 4.69) is 17.4 Å². The van der Waals surface area contributed by atoms with E-state index in [4.69, 9.17) is 4.74 Å². The zero-order valence-corrected chi connectivity index (χ0v) is 13.2. The van der Waals surface area contributed by atoms with Crippen molar-refractivity contribution in [3.8, 4) is 5.75 Å². The average molecular weight is 297 g/mol. The molecule has 0 amide bonds. The Kier molecular flexibility index (Phi) is 4.70. The molecule has 1 N–H and O–H groups in total. The van der Waals surface area contributed by atoms with Crippen molar-refractivity contribution in [3.05, 3.63) is 29.3 Å². The Hall–Kier alpha value is -1.07. The van der Waals surface area contributed by atoms with Gasteiger partial charge in [0.1, 0.15) is 5.75 Å². The Bertz CT molecular complexity index is 568. The number of nitrogens with one attached hydrogen (secondary N) is 1. The van der Waals surface area contributed by atoms with Crippen LogP contribution >= 0.6 is 0 Å². The molecule has 2 unspecified atom stereocenters. The van der Waals surface area contributed by atoms with Gasteiger partial charge < -0.3 is 10.1 Å². The minimum atomic E-state index is -3.01. The van der Waals surface area contributed by atoms with Crippen molar-refractivity contribution >= 4 is 9.84 Å². The van der Waals surface area contributed by atoms with Crippen molar-refractivity contribution in [2.24, 2.45) is 0 Å². The molecule has 1 aromatic rings. The number of aryl methyl sites for hydroxylation is 1. The molecule has 0 radical (unpaired) electrons. The van der Waals surface area contributed by atoms with Crippen molar-refractivity contribution in [3.63, 3.8) is 0 Å². The van der Waals surface area contributed by atoms with E-state index in [0.29, 0.717) is 0 Å². The van der Waals surface area contributed by atoms with Gasteiger partial charge >= 0.3 is 0 Å². The Labute approximate surface area is 121 Å². The number of hydrogen-bond donors (Lipinski definition) is 1. The van der Waals surface area contributed by atoms with E-state index in [0.717, 1.165) is 31.6 Å². The molecular weight excluding hydrogens is 274 g/mol. The molecule has 1 heterocycles. The van der Waals surface area contributed by atoms with E-state index in [1.165, 1.54) is 17.4 Å². The fourth-order valence-electron chi connectivity index (χ4n) is 2.63. The van der Waals surface area contributed by atoms with Crippen LogP contribution < -0.4 is 10.1 Å². The third-order valence-electron chi connectivity index (χ3n) is 4.11. The van der Waals surface area contributed by atoms with Gasteiger partial charge in [0.2, 0.25) is 0 Å². The van der Waals surface area contributed by atoms with Gasteiger partial charge in [-0.15, -0.1) is 0 Å². The van der Waals surface area contributed by atoms with Gasteiger partial charge in [0.05, 0.1) is 11.9 Å². The molecule has 0 aliphatic carbocycles. The molecule has 1 aliphatic heterocycles. The fraction of sp³-hybridized carbons (Fsp3) is 0.600. The highest BCUT2D eigenvalue weighted by Gasteiger charge is 2.24. The number of sulfone groups is 1. The lowest BCUT2D eigenvalue weighted by Crippen LogP contribution is -2.40. The van der Waals surface area contributed by atoms with E-state index in [1.807, 2.05) is 13.1 Å². The zero-order chi connectivity index (χ0) is 14.8. The summed E-state index contributed by atoms with van der Waals surface area (Å²) in [4.78, 5) is 0. The van der Waals surface area contributed by atoms with Crippen LogP contribution in [-0.2, 0) is 22.7 Å². The summed E-state index contributed by atoms with van der Waals surface area (Å²) in [6, 6.07) is 6.25. The van der Waals surface area contributed by atoms with Crippen LogP contribution in [-0.4, -0.2) is 39.6 Å². The van der Waals surface area contributed by atoms with E-state index in [9.17, 15) is 8.42 Å². The molecule has 0 saturated heterocycles. The van der Waals surface area contributed by atoms with Crippen LogP contribution in [0.5, 0.6) is 5.75 Å². The van der Waals surface area contributed by atoms with Crippen LogP contribution in [0.1, 0.15) is 24.5 Å². The standard InChI is InChI=1S/C15H23NO3S/c1-11(20(3,17)18)14(16-2)6-4-12-5-7-15-13(10-12)8-9-19-15/h5,7,10-11,14,16H,4,6,8-9H2,1-3H3. The van der Waals surface area contributed by atoms with Crippen LogP contribution in [0, 0.1) is 0 Å². The van der Waals surface area contributed by atoms with E-state index < -0.39 is 9.84 Å². The Morgan fingerprint density at radius 1 is 1.40 bits per heavy atom. The highest BCUT2D eigenvalue weighted by atomic mass is 32.2. The summed E-state index contributed by atoms with van der Waals surface area (Å²) in [5, 5.41) is 2.76. The first-order valence-electron chi connectivity index (χ1n) is 7.02. The van der Waals surface area contributed by atoms with Crippen molar-refractivity contribution in [2.75, 3.05) is 19.9 Å². The minimum Gasteiger partial charge on any atom is -0.493 e. The molecule has 0 aromatic heterocycles. The largest absolute Gasteiger partial charge is 0.493 e. The molecule has 112 valence electrons. The number of rotatable bonds is 6. The lowest BCUT2D eigenvalue weighted by molar-refractivity contribution is 0.357. The highest BCUT2D eigenvalue weighted by Crippen LogP contribution is 2.26. The molecule has 0 bridgehead atoms. The Morgan fingerprint density at radius 3 is 2.80 bits per heavy atom. The van der Waals surface area contributed by atoms with Crippen LogP contribution in [0.2, 0.25) is 0 Å². The Morgan fingerprint density at radius 2 is 2.15 bits per heavy atom. The maximum Gasteiger partial charge on any atom is 0.151 e. The molecule has 1 aliphatic rings. The average Bonchev–Trinajstić information content (AvgIpc) is 2.85. The van der Waals surface area contributed by atoms with Crippen LogP contribution in [0.3, 0.4) is 0 Å². The first-order chi connectivity index (χ1) is 9.41. The molecule has 2 atom stereocenters. The predicted octanol–water partition coefficient (Wildman–Crippen LogP) is 1.58. The van der Waals surface area contributed by atoms with E-state index in [1.54, 1.807) is 6.92 Å². The number of ether oxygens (including phenoxy) is 1. The zero-order valence-electron chi connectivity index (χ0n) is 12.3. The molecule has 20 heavy (non-hydrogen) atoms. The summed E-state index contributed by atoms with van der Waals surface area (Å²) < 4.78 is 28.8. The number of benzene rings is 1. The smallest absolute Gasteiger partial charge is 0.151 e. The molecular formula is C15H23NO3S. The summed E-state index contributed by atoms with van der Waals surface area (Å²) in [5.41, 5.74) is 2.51. The quantitative estimate of drug-likeness (QED) is 0.866. The van der Waals surface area contributed by atoms with Crippen molar-refractivity contribution in [1.82, 2.24) is 5.32 Å². The normalized spacial score (nSPS) is 17.4. The lowest BCUT2D eigenvalue weighted by atomic mass is 10.0. The maximum atomic E-state index is 11.6. The first-order valence-corrected chi connectivity index (χ1v) is 8.98. The monoisotopic (exact) mass is 297 g/mol. The van der Waals surface area contributed by atoms with Crippen LogP contribution in [0.4, 0.5) is 0 Å². The fourth-order valence-corrected chi connectivity index (χ4v) is 3.50. The van der Waals surface area contributed by atoms with Gasteiger partial charge in [0.25, 0.3) is 0 Å².